The van der Waals surface area contributed by atoms with Crippen molar-refractivity contribution in [1.82, 2.24) is 10.2 Å². The lowest BCUT2D eigenvalue weighted by Crippen LogP contribution is -3.13. The van der Waals surface area contributed by atoms with Gasteiger partial charge in [0.1, 0.15) is 0 Å². The van der Waals surface area contributed by atoms with Crippen molar-refractivity contribution in [2.75, 3.05) is 31.1 Å². The largest absolute Gasteiger partial charge is 0.459 e. The lowest BCUT2D eigenvalue weighted by molar-refractivity contribution is -0.915. The minimum absolute atomic E-state index is 0.437. The normalized spacial score (nSPS) is 15.8. The first-order valence-corrected chi connectivity index (χ1v) is 8.36. The molecule has 3 aromatic rings. The lowest BCUT2D eigenvalue weighted by atomic mass is 10.2. The minimum Gasteiger partial charge on any atom is -0.459 e. The summed E-state index contributed by atoms with van der Waals surface area (Å²) in [4.78, 5) is 3.79. The van der Waals surface area contributed by atoms with Crippen LogP contribution in [0.4, 0.5) is 5.69 Å². The van der Waals surface area contributed by atoms with Crippen LogP contribution in [-0.4, -0.2) is 36.4 Å². The third-order valence-corrected chi connectivity index (χ3v) is 4.48. The van der Waals surface area contributed by atoms with E-state index < -0.39 is 0 Å². The van der Waals surface area contributed by atoms with Gasteiger partial charge in [0.05, 0.1) is 32.4 Å². The molecule has 0 spiro atoms. The quantitative estimate of drug-likeness (QED) is 0.782. The summed E-state index contributed by atoms with van der Waals surface area (Å²) in [6.45, 7) is 4.73. The molecule has 6 nitrogen and oxygen atoms in total. The van der Waals surface area contributed by atoms with Gasteiger partial charge >= 0.3 is 0 Å². The van der Waals surface area contributed by atoms with Gasteiger partial charge in [-0.15, -0.1) is 10.2 Å². The van der Waals surface area contributed by atoms with Crippen molar-refractivity contribution in [2.45, 2.75) is 6.54 Å². The predicted octanol–water partition coefficient (Wildman–Crippen LogP) is 1.89. The van der Waals surface area contributed by atoms with Gasteiger partial charge in [-0.05, 0) is 30.3 Å². The van der Waals surface area contributed by atoms with Crippen LogP contribution in [0.15, 0.2) is 51.5 Å². The van der Waals surface area contributed by atoms with E-state index in [1.807, 2.05) is 24.3 Å². The first kappa shape index (κ1) is 15.2. The van der Waals surface area contributed by atoms with Crippen LogP contribution in [0.5, 0.6) is 0 Å². The molecule has 1 fully saturated rings. The molecule has 0 aliphatic carbocycles. The zero-order chi connectivity index (χ0) is 16.4. The molecule has 1 aromatic carbocycles. The summed E-state index contributed by atoms with van der Waals surface area (Å²) < 4.78 is 11.0. The molecular weight excluding hydrogens is 328 g/mol. The van der Waals surface area contributed by atoms with Gasteiger partial charge in [-0.2, -0.15) is 0 Å². The zero-order valence-corrected chi connectivity index (χ0v) is 13.9. The van der Waals surface area contributed by atoms with Crippen molar-refractivity contribution in [3.8, 4) is 11.7 Å². The number of anilines is 1. The summed E-state index contributed by atoms with van der Waals surface area (Å²) in [5.74, 6) is 1.69. The molecule has 0 amide bonds. The van der Waals surface area contributed by atoms with Gasteiger partial charge in [-0.3, -0.25) is 0 Å². The second kappa shape index (κ2) is 6.67. The van der Waals surface area contributed by atoms with E-state index in [2.05, 4.69) is 21.2 Å². The summed E-state index contributed by atoms with van der Waals surface area (Å²) in [6.07, 6.45) is 1.60. The average molecular weight is 346 g/mol. The standard InChI is InChI=1S/C17H17ClN4O2/c18-13-3-1-4-14(11-13)22-8-6-21(7-9-22)12-16-19-20-17(24-16)15-5-2-10-23-15/h1-5,10-11H,6-9,12H2/p+1. The van der Waals surface area contributed by atoms with Crippen LogP contribution in [0.25, 0.3) is 11.7 Å². The Bertz CT molecular complexity index is 795. The Balaban J connectivity index is 1.35. The van der Waals surface area contributed by atoms with Gasteiger partial charge in [-0.25, -0.2) is 0 Å². The van der Waals surface area contributed by atoms with E-state index in [-0.39, 0.29) is 0 Å². The SMILES string of the molecule is Clc1cccc(N2CC[NH+](Cc3nnc(-c4ccco4)o3)CC2)c1. The summed E-state index contributed by atoms with van der Waals surface area (Å²) in [6, 6.07) is 11.6. The highest BCUT2D eigenvalue weighted by atomic mass is 35.5. The molecule has 4 rings (SSSR count). The predicted molar refractivity (Wildman–Crippen MR) is 90.1 cm³/mol. The Kier molecular flexibility index (Phi) is 4.23. The smallest absolute Gasteiger partial charge is 0.283 e. The third kappa shape index (κ3) is 3.29. The van der Waals surface area contributed by atoms with E-state index in [1.165, 1.54) is 10.6 Å². The number of halogens is 1. The Morgan fingerprint density at radius 1 is 1.12 bits per heavy atom. The van der Waals surface area contributed by atoms with Gasteiger partial charge in [0.2, 0.25) is 0 Å². The van der Waals surface area contributed by atoms with Crippen LogP contribution in [0.3, 0.4) is 0 Å². The van der Waals surface area contributed by atoms with Crippen LogP contribution in [0, 0.1) is 0 Å². The number of nitrogens with zero attached hydrogens (tertiary/aromatic N) is 3. The number of nitrogens with one attached hydrogen (secondary N) is 1. The van der Waals surface area contributed by atoms with Crippen molar-refractivity contribution < 1.29 is 13.7 Å². The number of hydrogen-bond donors (Lipinski definition) is 1. The van der Waals surface area contributed by atoms with E-state index in [9.17, 15) is 0 Å². The molecule has 0 radical (unpaired) electrons. The fourth-order valence-electron chi connectivity index (χ4n) is 2.97. The molecule has 1 aliphatic rings. The minimum atomic E-state index is 0.437. The van der Waals surface area contributed by atoms with Crippen LogP contribution in [0.2, 0.25) is 5.02 Å². The van der Waals surface area contributed by atoms with Gasteiger partial charge in [0.25, 0.3) is 11.8 Å². The topological polar surface area (TPSA) is 59.7 Å². The number of piperazine rings is 1. The van der Waals surface area contributed by atoms with E-state index in [4.69, 9.17) is 20.4 Å². The van der Waals surface area contributed by atoms with Crippen LogP contribution in [0.1, 0.15) is 5.89 Å². The van der Waals surface area contributed by atoms with E-state index in [0.717, 1.165) is 37.7 Å². The molecule has 24 heavy (non-hydrogen) atoms. The molecule has 1 N–H and O–H groups in total. The maximum absolute atomic E-state index is 6.08. The van der Waals surface area contributed by atoms with Gasteiger partial charge < -0.3 is 18.6 Å². The molecular formula is C17H18ClN4O2+. The van der Waals surface area contributed by atoms with Gasteiger partial charge in [0.15, 0.2) is 12.3 Å². The number of furan rings is 1. The zero-order valence-electron chi connectivity index (χ0n) is 13.1. The van der Waals surface area contributed by atoms with Gasteiger partial charge in [-0.1, -0.05) is 17.7 Å². The Morgan fingerprint density at radius 3 is 2.75 bits per heavy atom. The van der Waals surface area contributed by atoms with E-state index >= 15 is 0 Å². The lowest BCUT2D eigenvalue weighted by Gasteiger charge is -2.33. The first-order chi connectivity index (χ1) is 11.8. The highest BCUT2D eigenvalue weighted by molar-refractivity contribution is 6.30. The molecule has 0 atom stereocenters. The molecule has 0 unspecified atom stereocenters. The van der Waals surface area contributed by atoms with Crippen LogP contribution >= 0.6 is 11.6 Å². The number of aromatic nitrogens is 2. The van der Waals surface area contributed by atoms with Gasteiger partial charge in [0, 0.05) is 10.7 Å². The van der Waals surface area contributed by atoms with Crippen LogP contribution < -0.4 is 9.80 Å². The highest BCUT2D eigenvalue weighted by Crippen LogP contribution is 2.19. The maximum atomic E-state index is 6.08. The van der Waals surface area contributed by atoms with Crippen molar-refractivity contribution in [2.24, 2.45) is 0 Å². The number of benzene rings is 1. The van der Waals surface area contributed by atoms with Crippen molar-refractivity contribution in [3.05, 3.63) is 53.6 Å². The van der Waals surface area contributed by atoms with Crippen molar-refractivity contribution >= 4 is 17.3 Å². The summed E-state index contributed by atoms with van der Waals surface area (Å²) >= 11 is 6.08. The molecule has 2 aromatic heterocycles. The molecule has 0 saturated carbocycles. The van der Waals surface area contributed by atoms with Crippen molar-refractivity contribution in [3.63, 3.8) is 0 Å². The molecule has 7 heteroatoms. The molecule has 1 aliphatic heterocycles. The molecule has 1 saturated heterocycles. The first-order valence-electron chi connectivity index (χ1n) is 7.98. The van der Waals surface area contributed by atoms with E-state index in [1.54, 1.807) is 12.3 Å². The summed E-state index contributed by atoms with van der Waals surface area (Å²) in [5.41, 5.74) is 1.18. The number of rotatable bonds is 4. The summed E-state index contributed by atoms with van der Waals surface area (Å²) in [5, 5.41) is 8.95. The molecule has 0 bridgehead atoms. The monoisotopic (exact) mass is 345 g/mol. The second-order valence-electron chi connectivity index (χ2n) is 5.87. The van der Waals surface area contributed by atoms with E-state index in [0.29, 0.717) is 17.5 Å². The Hall–Kier alpha value is -2.31. The average Bonchev–Trinajstić information content (AvgIpc) is 3.27. The maximum Gasteiger partial charge on any atom is 0.283 e. The third-order valence-electron chi connectivity index (χ3n) is 4.24. The number of quaternary nitrogens is 1. The Morgan fingerprint density at radius 2 is 2.00 bits per heavy atom. The molecule has 124 valence electrons. The Labute approximate surface area is 144 Å². The summed E-state index contributed by atoms with van der Waals surface area (Å²) in [7, 11) is 0. The fraction of sp³-hybridized carbons (Fsp3) is 0.294. The second-order valence-corrected chi connectivity index (χ2v) is 6.31. The highest BCUT2D eigenvalue weighted by Gasteiger charge is 2.23. The number of hydrogen-bond acceptors (Lipinski definition) is 5. The van der Waals surface area contributed by atoms with Crippen molar-refractivity contribution in [1.29, 1.82) is 0 Å². The van der Waals surface area contributed by atoms with Crippen LogP contribution in [-0.2, 0) is 6.54 Å². The molecule has 3 heterocycles. The fourth-order valence-corrected chi connectivity index (χ4v) is 3.15.